The second-order valence-corrected chi connectivity index (χ2v) is 11.5. The van der Waals surface area contributed by atoms with E-state index in [1.165, 1.54) is 11.8 Å². The Hall–Kier alpha value is -0.850. The molecule has 0 fully saturated rings. The molecule has 0 amide bonds. The van der Waals surface area contributed by atoms with Crippen molar-refractivity contribution < 1.29 is 42.7 Å². The fourth-order valence-electron chi connectivity index (χ4n) is 3.08. The van der Waals surface area contributed by atoms with Crippen LogP contribution in [-0.2, 0) is 24.5 Å². The van der Waals surface area contributed by atoms with Crippen molar-refractivity contribution in [3.05, 3.63) is 28.2 Å². The number of quaternary nitrogens is 1. The normalized spacial score (nSPS) is 22.7. The lowest BCUT2D eigenvalue weighted by Crippen LogP contribution is -3.12. The zero-order valence-corrected chi connectivity index (χ0v) is 20.2. The van der Waals surface area contributed by atoms with E-state index >= 15 is 0 Å². The molecule has 7 N–H and O–H groups in total. The van der Waals surface area contributed by atoms with Gasteiger partial charge in [0, 0.05) is 24.4 Å². The molecule has 31 heavy (non-hydrogen) atoms. The number of anilines is 1. The van der Waals surface area contributed by atoms with Crippen LogP contribution in [0.3, 0.4) is 0 Å². The van der Waals surface area contributed by atoms with Crippen molar-refractivity contribution in [3.8, 4) is 0 Å². The highest BCUT2D eigenvalue weighted by molar-refractivity contribution is 8.03. The third-order valence-electron chi connectivity index (χ3n) is 4.70. The molecule has 176 valence electrons. The minimum absolute atomic E-state index is 0.0168. The van der Waals surface area contributed by atoms with Gasteiger partial charge in [0.15, 0.2) is 5.37 Å². The molecule has 0 aliphatic carbocycles. The Morgan fingerprint density at radius 1 is 1.29 bits per heavy atom. The molecule has 4 unspecified atom stereocenters. The molecule has 15 heteroatoms. The molecule has 0 aromatic carbocycles. The molecular formula is C16H29N4O8P2S+. The molecule has 1 aliphatic rings. The highest BCUT2D eigenvalue weighted by atomic mass is 32.2. The van der Waals surface area contributed by atoms with E-state index in [2.05, 4.69) is 18.8 Å². The fraction of sp³-hybridized carbons (Fsp3) is 0.625. The number of nitrogens with zero attached hydrogens (tertiary/aromatic N) is 2. The van der Waals surface area contributed by atoms with Gasteiger partial charge >= 0.3 is 15.6 Å². The van der Waals surface area contributed by atoms with Crippen LogP contribution < -0.4 is 10.6 Å². The van der Waals surface area contributed by atoms with Crippen molar-refractivity contribution >= 4 is 33.2 Å². The van der Waals surface area contributed by atoms with Crippen LogP contribution >= 0.6 is 27.4 Å². The van der Waals surface area contributed by atoms with Gasteiger partial charge in [0.25, 0.3) is 0 Å². The first-order valence-corrected chi connectivity index (χ1v) is 13.3. The molecule has 0 saturated heterocycles. The van der Waals surface area contributed by atoms with Crippen molar-refractivity contribution in [2.24, 2.45) is 5.92 Å². The average molecular weight is 499 g/mol. The number of thioether (sulfide) groups is 1. The average Bonchev–Trinajstić information content (AvgIpc) is 2.90. The van der Waals surface area contributed by atoms with Crippen LogP contribution in [0, 0.1) is 12.8 Å². The molecule has 0 bridgehead atoms. The van der Waals surface area contributed by atoms with E-state index < -0.39 is 21.7 Å². The number of aliphatic hydroxyl groups excluding tert-OH is 1. The van der Waals surface area contributed by atoms with E-state index in [-0.39, 0.29) is 24.3 Å². The number of hydrogen-bond acceptors (Lipinski definition) is 9. The summed E-state index contributed by atoms with van der Waals surface area (Å²) in [5.74, 6) is 0.905. The number of phosphoric acid groups is 2. The van der Waals surface area contributed by atoms with Crippen LogP contribution in [0.25, 0.3) is 0 Å². The summed E-state index contributed by atoms with van der Waals surface area (Å²) in [5.41, 5.74) is 7.65. The zero-order valence-electron chi connectivity index (χ0n) is 17.6. The van der Waals surface area contributed by atoms with Gasteiger partial charge in [-0.15, -0.1) is 0 Å². The number of allylic oxidation sites excluding steroid dienone is 1. The number of aromatic nitrogens is 2. The van der Waals surface area contributed by atoms with E-state index in [0.29, 0.717) is 18.2 Å². The maximum Gasteiger partial charge on any atom is 0.481 e. The lowest BCUT2D eigenvalue weighted by molar-refractivity contribution is -0.887. The van der Waals surface area contributed by atoms with Crippen LogP contribution in [0.2, 0.25) is 0 Å². The summed E-state index contributed by atoms with van der Waals surface area (Å²) in [6.07, 6.45) is 1.20. The SMILES string of the molecule is CC1=C(CCOP(=O)(O)OP(=O)(O)O)SC(C(O)C(C)C)[NH+]1Cc1cnc(C)nc1N. The number of aliphatic hydroxyl groups is 1. The van der Waals surface area contributed by atoms with Crippen LogP contribution in [0.1, 0.15) is 38.6 Å². The molecule has 0 radical (unpaired) electrons. The molecule has 12 nitrogen and oxygen atoms in total. The quantitative estimate of drug-likeness (QED) is 0.247. The number of phosphoric ester groups is 1. The Labute approximate surface area is 184 Å². The fourth-order valence-corrected chi connectivity index (χ4v) is 6.33. The summed E-state index contributed by atoms with van der Waals surface area (Å²) in [5, 5.41) is 10.5. The first kappa shape index (κ1) is 26.4. The van der Waals surface area contributed by atoms with Crippen molar-refractivity contribution in [1.29, 1.82) is 0 Å². The van der Waals surface area contributed by atoms with E-state index in [9.17, 15) is 19.1 Å². The summed E-state index contributed by atoms with van der Waals surface area (Å²) in [6, 6.07) is 0. The first-order valence-electron chi connectivity index (χ1n) is 9.43. The molecule has 0 spiro atoms. The summed E-state index contributed by atoms with van der Waals surface area (Å²) >= 11 is 1.42. The zero-order chi connectivity index (χ0) is 23.6. The van der Waals surface area contributed by atoms with Gasteiger partial charge in [-0.1, -0.05) is 25.6 Å². The standard InChI is InChI=1S/C16H28N4O8P2S/c1-9(2)14(21)16-20(8-12-7-18-11(4)19-15(12)17)10(3)13(31-16)5-6-27-30(25,26)28-29(22,23)24/h7,9,14,16,21H,5-6,8H2,1-4H3,(H,25,26)(H2,17,18,19)(H2,22,23,24)/p+1. The second kappa shape index (κ2) is 10.4. The van der Waals surface area contributed by atoms with Crippen LogP contribution in [0.5, 0.6) is 0 Å². The largest absolute Gasteiger partial charge is 0.481 e. The number of nitrogens with one attached hydrogen (secondary N) is 1. The summed E-state index contributed by atoms with van der Waals surface area (Å²) < 4.78 is 30.9. The van der Waals surface area contributed by atoms with Crippen molar-refractivity contribution in [2.75, 3.05) is 12.3 Å². The van der Waals surface area contributed by atoms with Crippen molar-refractivity contribution in [2.45, 2.75) is 52.1 Å². The number of hydrogen-bond donors (Lipinski definition) is 6. The van der Waals surface area contributed by atoms with Gasteiger partial charge in [-0.25, -0.2) is 19.1 Å². The Morgan fingerprint density at radius 3 is 2.48 bits per heavy atom. The minimum atomic E-state index is -5.17. The lowest BCUT2D eigenvalue weighted by Gasteiger charge is -2.28. The number of nitrogens with two attached hydrogens (primary N) is 1. The smallest absolute Gasteiger partial charge is 0.386 e. The lowest BCUT2D eigenvalue weighted by atomic mass is 10.1. The van der Waals surface area contributed by atoms with Gasteiger partial charge in [-0.2, -0.15) is 4.31 Å². The Morgan fingerprint density at radius 2 is 1.94 bits per heavy atom. The van der Waals surface area contributed by atoms with Gasteiger partial charge < -0.3 is 25.5 Å². The van der Waals surface area contributed by atoms with Gasteiger partial charge in [0.1, 0.15) is 30.0 Å². The van der Waals surface area contributed by atoms with E-state index in [1.54, 1.807) is 13.1 Å². The molecule has 0 saturated carbocycles. The van der Waals surface area contributed by atoms with E-state index in [0.717, 1.165) is 21.1 Å². The molecule has 1 aromatic heterocycles. The number of aryl methyl sites for hydroxylation is 1. The highest BCUT2D eigenvalue weighted by Crippen LogP contribution is 2.57. The molecular weight excluding hydrogens is 470 g/mol. The van der Waals surface area contributed by atoms with Crippen LogP contribution in [-0.4, -0.2) is 47.8 Å². The maximum absolute atomic E-state index is 11.6. The summed E-state index contributed by atoms with van der Waals surface area (Å²) in [6.45, 7) is 7.56. The van der Waals surface area contributed by atoms with Crippen LogP contribution in [0.15, 0.2) is 16.8 Å². The molecule has 4 atom stereocenters. The Kier molecular flexibility index (Phi) is 8.85. The van der Waals surface area contributed by atoms with Gasteiger partial charge in [-0.05, 0) is 12.8 Å². The number of rotatable bonds is 10. The Bertz CT molecular complexity index is 925. The molecule has 2 heterocycles. The molecule has 1 aromatic rings. The minimum Gasteiger partial charge on any atom is -0.386 e. The van der Waals surface area contributed by atoms with E-state index in [1.807, 2.05) is 20.8 Å². The first-order chi connectivity index (χ1) is 14.2. The van der Waals surface area contributed by atoms with Gasteiger partial charge in [0.05, 0.1) is 12.2 Å². The maximum atomic E-state index is 11.6. The summed E-state index contributed by atoms with van der Waals surface area (Å²) in [7, 11) is -10.1. The topological polar surface area (TPSA) is 190 Å². The Balaban J connectivity index is 2.17. The van der Waals surface area contributed by atoms with Gasteiger partial charge in [0.2, 0.25) is 0 Å². The monoisotopic (exact) mass is 499 g/mol. The molecule has 1 aliphatic heterocycles. The third-order valence-corrected chi connectivity index (χ3v) is 8.50. The van der Waals surface area contributed by atoms with Crippen LogP contribution in [0.4, 0.5) is 5.82 Å². The van der Waals surface area contributed by atoms with Crippen molar-refractivity contribution in [3.63, 3.8) is 0 Å². The van der Waals surface area contributed by atoms with Gasteiger partial charge in [-0.3, -0.25) is 9.42 Å². The highest BCUT2D eigenvalue weighted by Gasteiger charge is 2.42. The van der Waals surface area contributed by atoms with E-state index in [4.69, 9.17) is 15.5 Å². The predicted octanol–water partition coefficient (Wildman–Crippen LogP) is 0.690. The van der Waals surface area contributed by atoms with Crippen molar-refractivity contribution in [1.82, 2.24) is 9.97 Å². The number of nitrogen functional groups attached to an aromatic ring is 1. The molecule has 2 rings (SSSR count). The second-order valence-electron chi connectivity index (χ2n) is 7.47. The third kappa shape index (κ3) is 7.61. The predicted molar refractivity (Wildman–Crippen MR) is 114 cm³/mol. The summed E-state index contributed by atoms with van der Waals surface area (Å²) in [4.78, 5) is 36.9.